The number of benzene rings is 1. The van der Waals surface area contributed by atoms with Gasteiger partial charge in [-0.15, -0.1) is 0 Å². The molecule has 0 aromatic heterocycles. The van der Waals surface area contributed by atoms with Gasteiger partial charge in [0.25, 0.3) is 0 Å². The predicted molar refractivity (Wildman–Crippen MR) is 95.3 cm³/mol. The van der Waals surface area contributed by atoms with Crippen LogP contribution in [0.1, 0.15) is 51.0 Å². The topological polar surface area (TPSA) is 52.6 Å². The summed E-state index contributed by atoms with van der Waals surface area (Å²) in [4.78, 5) is 25.2. The van der Waals surface area contributed by atoms with Crippen molar-refractivity contribution in [1.29, 1.82) is 0 Å². The van der Waals surface area contributed by atoms with Gasteiger partial charge < -0.3 is 9.47 Å². The van der Waals surface area contributed by atoms with Crippen molar-refractivity contribution in [2.24, 2.45) is 11.8 Å². The largest absolute Gasteiger partial charge is 0.463 e. The fourth-order valence-corrected chi connectivity index (χ4v) is 4.62. The van der Waals surface area contributed by atoms with Gasteiger partial charge in [-0.05, 0) is 43.7 Å². The Balaban J connectivity index is 1.77. The molecule has 2 aliphatic rings. The fraction of sp³-hybridized carbons (Fsp3) is 0.600. The molecule has 4 nitrogen and oxygen atoms in total. The summed E-state index contributed by atoms with van der Waals surface area (Å²) in [5.41, 5.74) is -1.16. The van der Waals surface area contributed by atoms with E-state index in [0.717, 1.165) is 19.3 Å². The van der Waals surface area contributed by atoms with Gasteiger partial charge in [0.05, 0.1) is 13.0 Å². The molecule has 26 heavy (non-hydrogen) atoms. The highest BCUT2D eigenvalue weighted by Crippen LogP contribution is 2.47. The highest BCUT2D eigenvalue weighted by atomic mass is 35.5. The standard InChI is InChI=1S/C20H24ClFO4/c1-2-25-19(24)20(10-9-13-5-3-6-14(13)12-20)26-18(23)11-15-16(21)7-4-8-17(15)22/h4,7-8,13-14H,2-3,5-6,9-12H2,1H3. The van der Waals surface area contributed by atoms with Crippen molar-refractivity contribution in [2.45, 2.75) is 57.5 Å². The Morgan fingerprint density at radius 3 is 2.77 bits per heavy atom. The quantitative estimate of drug-likeness (QED) is 0.705. The van der Waals surface area contributed by atoms with Crippen LogP contribution in [0.4, 0.5) is 4.39 Å². The number of fused-ring (bicyclic) bond motifs is 1. The second kappa shape index (κ2) is 7.95. The van der Waals surface area contributed by atoms with Crippen LogP contribution in [-0.2, 0) is 25.5 Å². The summed E-state index contributed by atoms with van der Waals surface area (Å²) in [6.45, 7) is 1.96. The summed E-state index contributed by atoms with van der Waals surface area (Å²) in [6.07, 6.45) is 4.85. The summed E-state index contributed by atoms with van der Waals surface area (Å²) >= 11 is 6.00. The van der Waals surface area contributed by atoms with E-state index in [1.807, 2.05) is 0 Å². The van der Waals surface area contributed by atoms with Gasteiger partial charge in [0, 0.05) is 17.0 Å². The van der Waals surface area contributed by atoms with Gasteiger partial charge in [-0.1, -0.05) is 36.9 Å². The molecule has 0 N–H and O–H groups in total. The van der Waals surface area contributed by atoms with Crippen LogP contribution >= 0.6 is 11.6 Å². The highest BCUT2D eigenvalue weighted by molar-refractivity contribution is 6.31. The van der Waals surface area contributed by atoms with Crippen LogP contribution in [-0.4, -0.2) is 24.1 Å². The molecule has 0 aliphatic heterocycles. The van der Waals surface area contributed by atoms with E-state index in [9.17, 15) is 14.0 Å². The average molecular weight is 383 g/mol. The SMILES string of the molecule is CCOC(=O)C1(OC(=O)Cc2c(F)cccc2Cl)CCC2CCCC2C1. The molecule has 3 rings (SSSR count). The van der Waals surface area contributed by atoms with E-state index >= 15 is 0 Å². The number of hydrogen-bond acceptors (Lipinski definition) is 4. The van der Waals surface area contributed by atoms with Crippen LogP contribution in [0.2, 0.25) is 5.02 Å². The van der Waals surface area contributed by atoms with Gasteiger partial charge in [0.2, 0.25) is 5.60 Å². The zero-order chi connectivity index (χ0) is 18.7. The lowest BCUT2D eigenvalue weighted by molar-refractivity contribution is -0.189. The maximum absolute atomic E-state index is 14.0. The lowest BCUT2D eigenvalue weighted by Gasteiger charge is -2.39. The van der Waals surface area contributed by atoms with Crippen molar-refractivity contribution in [1.82, 2.24) is 0 Å². The first kappa shape index (κ1) is 19.2. The lowest BCUT2D eigenvalue weighted by Crippen LogP contribution is -2.49. The Bertz CT molecular complexity index is 672. The Morgan fingerprint density at radius 2 is 2.04 bits per heavy atom. The van der Waals surface area contributed by atoms with Crippen LogP contribution in [0, 0.1) is 17.7 Å². The average Bonchev–Trinajstić information content (AvgIpc) is 3.06. The molecule has 0 spiro atoms. The van der Waals surface area contributed by atoms with Crippen LogP contribution < -0.4 is 0 Å². The summed E-state index contributed by atoms with van der Waals surface area (Å²) in [6, 6.07) is 4.26. The van der Waals surface area contributed by atoms with Crippen LogP contribution in [0.5, 0.6) is 0 Å². The smallest absolute Gasteiger partial charge is 0.350 e. The molecule has 0 heterocycles. The Hall–Kier alpha value is -1.62. The summed E-state index contributed by atoms with van der Waals surface area (Å²) in [7, 11) is 0. The number of esters is 2. The van der Waals surface area contributed by atoms with E-state index in [4.69, 9.17) is 21.1 Å². The van der Waals surface area contributed by atoms with Crippen LogP contribution in [0.3, 0.4) is 0 Å². The molecular weight excluding hydrogens is 359 g/mol. The second-order valence-electron chi connectivity index (χ2n) is 7.26. The Kier molecular flexibility index (Phi) is 5.86. The third kappa shape index (κ3) is 3.88. The van der Waals surface area contributed by atoms with Crippen molar-refractivity contribution < 1.29 is 23.5 Å². The molecule has 3 atom stereocenters. The molecule has 142 valence electrons. The second-order valence-corrected chi connectivity index (χ2v) is 7.67. The zero-order valence-corrected chi connectivity index (χ0v) is 15.7. The molecule has 2 aliphatic carbocycles. The van der Waals surface area contributed by atoms with E-state index in [0.29, 0.717) is 24.7 Å². The van der Waals surface area contributed by atoms with Crippen molar-refractivity contribution in [3.05, 3.63) is 34.6 Å². The minimum atomic E-state index is -1.25. The number of halogens is 2. The van der Waals surface area contributed by atoms with Gasteiger partial charge in [0.1, 0.15) is 5.82 Å². The normalized spacial score (nSPS) is 27.7. The van der Waals surface area contributed by atoms with Gasteiger partial charge in [0.15, 0.2) is 0 Å². The molecule has 0 amide bonds. The maximum atomic E-state index is 14.0. The minimum absolute atomic E-state index is 0.0905. The molecule has 1 aromatic carbocycles. The molecule has 1 aromatic rings. The van der Waals surface area contributed by atoms with E-state index in [1.54, 1.807) is 6.92 Å². The van der Waals surface area contributed by atoms with Crippen molar-refractivity contribution in [3.63, 3.8) is 0 Å². The van der Waals surface area contributed by atoms with E-state index < -0.39 is 23.4 Å². The monoisotopic (exact) mass is 382 g/mol. The van der Waals surface area contributed by atoms with Gasteiger partial charge in [-0.3, -0.25) is 4.79 Å². The molecule has 3 unspecified atom stereocenters. The molecule has 6 heteroatoms. The highest BCUT2D eigenvalue weighted by Gasteiger charge is 2.51. The first-order chi connectivity index (χ1) is 12.4. The van der Waals surface area contributed by atoms with Gasteiger partial charge in [-0.2, -0.15) is 0 Å². The van der Waals surface area contributed by atoms with E-state index in [1.165, 1.54) is 24.6 Å². The molecule has 2 saturated carbocycles. The van der Waals surface area contributed by atoms with Crippen molar-refractivity contribution in [2.75, 3.05) is 6.61 Å². The van der Waals surface area contributed by atoms with Crippen LogP contribution in [0.25, 0.3) is 0 Å². The van der Waals surface area contributed by atoms with Gasteiger partial charge in [-0.25, -0.2) is 9.18 Å². The third-order valence-corrected chi connectivity index (χ3v) is 6.02. The molecule has 0 bridgehead atoms. The van der Waals surface area contributed by atoms with E-state index in [-0.39, 0.29) is 23.6 Å². The Labute approximate surface area is 158 Å². The first-order valence-electron chi connectivity index (χ1n) is 9.27. The predicted octanol–water partition coefficient (Wildman–Crippen LogP) is 4.47. The maximum Gasteiger partial charge on any atom is 0.350 e. The third-order valence-electron chi connectivity index (χ3n) is 5.67. The minimum Gasteiger partial charge on any atom is -0.463 e. The lowest BCUT2D eigenvalue weighted by atomic mass is 9.73. The first-order valence-corrected chi connectivity index (χ1v) is 9.65. The summed E-state index contributed by atoms with van der Waals surface area (Å²) < 4.78 is 24.8. The van der Waals surface area contributed by atoms with Crippen molar-refractivity contribution in [3.8, 4) is 0 Å². The zero-order valence-electron chi connectivity index (χ0n) is 14.9. The van der Waals surface area contributed by atoms with Crippen LogP contribution in [0.15, 0.2) is 18.2 Å². The van der Waals surface area contributed by atoms with E-state index in [2.05, 4.69) is 0 Å². The fourth-order valence-electron chi connectivity index (χ4n) is 4.39. The number of carbonyl (C=O) groups is 2. The van der Waals surface area contributed by atoms with Crippen molar-refractivity contribution >= 4 is 23.5 Å². The van der Waals surface area contributed by atoms with Gasteiger partial charge >= 0.3 is 11.9 Å². The number of ether oxygens (including phenoxy) is 2. The molecular formula is C20H24ClFO4. The number of hydrogen-bond donors (Lipinski definition) is 0. The number of carbonyl (C=O) groups excluding carboxylic acids is 2. The summed E-state index contributed by atoms with van der Waals surface area (Å²) in [5.74, 6) is -0.728. The number of rotatable bonds is 5. The Morgan fingerprint density at radius 1 is 1.27 bits per heavy atom. The molecule has 2 fully saturated rings. The summed E-state index contributed by atoms with van der Waals surface area (Å²) in [5, 5.41) is 0.173. The molecule has 0 saturated heterocycles. The molecule has 0 radical (unpaired) electrons.